The number of hydrogen-bond acceptors (Lipinski definition) is 2. The van der Waals surface area contributed by atoms with Crippen molar-refractivity contribution in [2.45, 2.75) is 26.3 Å². The number of carbonyl (C=O) groups is 1. The van der Waals surface area contributed by atoms with E-state index in [1.807, 2.05) is 61.7 Å². The number of imidazole rings is 1. The van der Waals surface area contributed by atoms with Gasteiger partial charge in [-0.25, -0.2) is 9.78 Å². The molecule has 5 nitrogen and oxygen atoms in total. The van der Waals surface area contributed by atoms with Crippen LogP contribution < -0.4 is 10.6 Å². The maximum Gasteiger partial charge on any atom is 0.323 e. The summed E-state index contributed by atoms with van der Waals surface area (Å²) in [5, 5.41) is 5.69. The number of aryl methyl sites for hydroxylation is 2. The van der Waals surface area contributed by atoms with Gasteiger partial charge in [-0.05, 0) is 43.2 Å². The zero-order valence-electron chi connectivity index (χ0n) is 14.1. The van der Waals surface area contributed by atoms with Crippen molar-refractivity contribution in [3.05, 3.63) is 66.1 Å². The van der Waals surface area contributed by atoms with Crippen LogP contribution in [0.15, 0.2) is 54.7 Å². The Morgan fingerprint density at radius 2 is 1.64 bits per heavy atom. The van der Waals surface area contributed by atoms with Crippen molar-refractivity contribution in [3.63, 3.8) is 0 Å². The zero-order chi connectivity index (χ0) is 17.2. The van der Waals surface area contributed by atoms with E-state index >= 15 is 0 Å². The largest absolute Gasteiger partial charge is 0.328 e. The van der Waals surface area contributed by atoms with Gasteiger partial charge in [0.2, 0.25) is 0 Å². The molecule has 2 amide bonds. The summed E-state index contributed by atoms with van der Waals surface area (Å²) in [6.45, 7) is 3.05. The molecule has 0 fully saturated rings. The van der Waals surface area contributed by atoms with Crippen LogP contribution in [-0.2, 0) is 13.0 Å². The molecular formula is C20H20N4O. The van der Waals surface area contributed by atoms with Crippen LogP contribution in [0.25, 0.3) is 11.3 Å². The molecule has 0 bridgehead atoms. The first kappa shape index (κ1) is 15.4. The molecule has 0 saturated carbocycles. The molecule has 126 valence electrons. The number of aromatic nitrogens is 2. The number of urea groups is 1. The number of nitrogens with zero attached hydrogens (tertiary/aromatic N) is 2. The third-order valence-electron chi connectivity index (χ3n) is 4.47. The fraction of sp³-hybridized carbons (Fsp3) is 0.200. The number of fused-ring (bicyclic) bond motifs is 1. The van der Waals surface area contributed by atoms with Crippen LogP contribution in [0, 0.1) is 6.92 Å². The Hall–Kier alpha value is -3.08. The Bertz CT molecular complexity index is 894. The van der Waals surface area contributed by atoms with E-state index in [1.54, 1.807) is 0 Å². The molecule has 0 spiro atoms. The topological polar surface area (TPSA) is 59.0 Å². The zero-order valence-corrected chi connectivity index (χ0v) is 14.1. The van der Waals surface area contributed by atoms with Crippen molar-refractivity contribution >= 4 is 17.4 Å². The summed E-state index contributed by atoms with van der Waals surface area (Å²) >= 11 is 0. The highest BCUT2D eigenvalue weighted by Gasteiger charge is 2.16. The van der Waals surface area contributed by atoms with Crippen LogP contribution in [0.1, 0.15) is 17.8 Å². The number of rotatable bonds is 3. The van der Waals surface area contributed by atoms with E-state index in [4.69, 9.17) is 0 Å². The second-order valence-corrected chi connectivity index (χ2v) is 6.34. The van der Waals surface area contributed by atoms with Crippen LogP contribution >= 0.6 is 0 Å². The molecular weight excluding hydrogens is 312 g/mol. The molecule has 1 aromatic heterocycles. The minimum Gasteiger partial charge on any atom is -0.328 e. The highest BCUT2D eigenvalue weighted by atomic mass is 16.2. The molecule has 0 radical (unpaired) electrons. The third-order valence-corrected chi connectivity index (χ3v) is 4.47. The summed E-state index contributed by atoms with van der Waals surface area (Å²) in [5.41, 5.74) is 4.95. The van der Waals surface area contributed by atoms with E-state index < -0.39 is 0 Å². The number of hydrogen-bond donors (Lipinski definition) is 2. The quantitative estimate of drug-likeness (QED) is 0.744. The highest BCUT2D eigenvalue weighted by molar-refractivity contribution is 5.99. The lowest BCUT2D eigenvalue weighted by atomic mass is 10.1. The second-order valence-electron chi connectivity index (χ2n) is 6.34. The van der Waals surface area contributed by atoms with Gasteiger partial charge in [-0.3, -0.25) is 0 Å². The van der Waals surface area contributed by atoms with Crippen molar-refractivity contribution in [3.8, 4) is 11.3 Å². The van der Waals surface area contributed by atoms with Crippen LogP contribution in [0.3, 0.4) is 0 Å². The molecule has 2 aromatic carbocycles. The molecule has 0 aliphatic carbocycles. The lowest BCUT2D eigenvalue weighted by Crippen LogP contribution is -2.19. The fourth-order valence-electron chi connectivity index (χ4n) is 3.14. The molecule has 1 aliphatic rings. The van der Waals surface area contributed by atoms with Gasteiger partial charge in [-0.2, -0.15) is 0 Å². The molecule has 2 N–H and O–H groups in total. The van der Waals surface area contributed by atoms with Crippen LogP contribution in [-0.4, -0.2) is 15.6 Å². The lowest BCUT2D eigenvalue weighted by molar-refractivity contribution is 0.262. The van der Waals surface area contributed by atoms with Gasteiger partial charge < -0.3 is 15.2 Å². The number of carbonyl (C=O) groups excluding carboxylic acids is 1. The van der Waals surface area contributed by atoms with E-state index in [0.717, 1.165) is 53.4 Å². The van der Waals surface area contributed by atoms with Gasteiger partial charge in [-0.1, -0.05) is 29.8 Å². The lowest BCUT2D eigenvalue weighted by Gasteiger charge is -2.09. The third kappa shape index (κ3) is 3.26. The summed E-state index contributed by atoms with van der Waals surface area (Å²) in [7, 11) is 0. The van der Waals surface area contributed by atoms with Gasteiger partial charge in [0.15, 0.2) is 0 Å². The average Bonchev–Trinajstić information content (AvgIpc) is 3.21. The van der Waals surface area contributed by atoms with Gasteiger partial charge in [0, 0.05) is 24.3 Å². The minimum atomic E-state index is -0.248. The van der Waals surface area contributed by atoms with Crippen LogP contribution in [0.4, 0.5) is 16.2 Å². The predicted octanol–water partition coefficient (Wildman–Crippen LogP) is 4.45. The highest BCUT2D eigenvalue weighted by Crippen LogP contribution is 2.26. The average molecular weight is 332 g/mol. The van der Waals surface area contributed by atoms with E-state index in [9.17, 15) is 4.79 Å². The number of anilines is 2. The van der Waals surface area contributed by atoms with Crippen molar-refractivity contribution < 1.29 is 4.79 Å². The van der Waals surface area contributed by atoms with E-state index in [0.29, 0.717) is 0 Å². The van der Waals surface area contributed by atoms with Gasteiger partial charge in [0.25, 0.3) is 0 Å². The van der Waals surface area contributed by atoms with Gasteiger partial charge in [0.1, 0.15) is 5.82 Å². The van der Waals surface area contributed by atoms with Crippen molar-refractivity contribution in [1.29, 1.82) is 0 Å². The Labute approximate surface area is 146 Å². The summed E-state index contributed by atoms with van der Waals surface area (Å²) in [6, 6.07) is 15.3. The van der Waals surface area contributed by atoms with E-state index in [1.165, 1.54) is 0 Å². The Morgan fingerprint density at radius 3 is 2.32 bits per heavy atom. The molecule has 0 saturated heterocycles. The Morgan fingerprint density at radius 1 is 1.00 bits per heavy atom. The molecule has 0 atom stereocenters. The van der Waals surface area contributed by atoms with Crippen molar-refractivity contribution in [2.75, 3.05) is 10.6 Å². The second kappa shape index (κ2) is 6.43. The molecule has 3 aromatic rings. The molecule has 0 unspecified atom stereocenters. The molecule has 2 heterocycles. The summed E-state index contributed by atoms with van der Waals surface area (Å²) in [5.74, 6) is 1.16. The molecule has 5 heteroatoms. The van der Waals surface area contributed by atoms with Crippen molar-refractivity contribution in [1.82, 2.24) is 9.55 Å². The molecule has 25 heavy (non-hydrogen) atoms. The maximum atomic E-state index is 12.1. The van der Waals surface area contributed by atoms with Crippen LogP contribution in [0.2, 0.25) is 0 Å². The van der Waals surface area contributed by atoms with Crippen molar-refractivity contribution in [2.24, 2.45) is 0 Å². The van der Waals surface area contributed by atoms with E-state index in [-0.39, 0.29) is 6.03 Å². The predicted molar refractivity (Wildman–Crippen MR) is 99.8 cm³/mol. The Kier molecular flexibility index (Phi) is 3.98. The minimum absolute atomic E-state index is 0.248. The standard InChI is InChI=1S/C20H20N4O/c1-14-4-8-16(9-5-14)22-20(25)23-17-10-6-15(7-11-17)18-13-21-19-3-2-12-24(18)19/h4-11,13H,2-3,12H2,1H3,(H2,22,23,25). The smallest absolute Gasteiger partial charge is 0.323 e. The first-order valence-electron chi connectivity index (χ1n) is 8.48. The van der Waals surface area contributed by atoms with Gasteiger partial charge >= 0.3 is 6.03 Å². The van der Waals surface area contributed by atoms with Gasteiger partial charge in [-0.15, -0.1) is 0 Å². The summed E-state index contributed by atoms with van der Waals surface area (Å²) in [4.78, 5) is 16.6. The first-order valence-corrected chi connectivity index (χ1v) is 8.48. The van der Waals surface area contributed by atoms with Crippen LogP contribution in [0.5, 0.6) is 0 Å². The number of amides is 2. The summed E-state index contributed by atoms with van der Waals surface area (Å²) < 4.78 is 2.27. The van der Waals surface area contributed by atoms with E-state index in [2.05, 4.69) is 20.2 Å². The normalized spacial score (nSPS) is 12.7. The fourth-order valence-corrected chi connectivity index (χ4v) is 3.14. The molecule has 1 aliphatic heterocycles. The number of nitrogens with one attached hydrogen (secondary N) is 2. The maximum absolute atomic E-state index is 12.1. The SMILES string of the molecule is Cc1ccc(NC(=O)Nc2ccc(-c3cnc4n3CCC4)cc2)cc1. The first-order chi connectivity index (χ1) is 12.2. The summed E-state index contributed by atoms with van der Waals surface area (Å²) in [6.07, 6.45) is 4.15. The van der Waals surface area contributed by atoms with Gasteiger partial charge in [0.05, 0.1) is 11.9 Å². The monoisotopic (exact) mass is 332 g/mol. The molecule has 4 rings (SSSR count). The Balaban J connectivity index is 1.43. The number of benzene rings is 2.